The Morgan fingerprint density at radius 3 is 2.52 bits per heavy atom. The lowest BCUT2D eigenvalue weighted by molar-refractivity contribution is 0.343. The van der Waals surface area contributed by atoms with Crippen molar-refractivity contribution in [1.29, 1.82) is 0 Å². The van der Waals surface area contributed by atoms with Crippen LogP contribution in [-0.4, -0.2) is 35.5 Å². The van der Waals surface area contributed by atoms with Gasteiger partial charge in [0.1, 0.15) is 11.6 Å². The van der Waals surface area contributed by atoms with Gasteiger partial charge in [-0.15, -0.1) is 10.2 Å². The Morgan fingerprint density at radius 2 is 1.86 bits per heavy atom. The standard InChI is InChI=1S/C19H19FN4O3S2/c20-17-4-2-1-3-16(17)18-22-23-19(24(18)13-5-6-13)28-12-11-27-14-7-9-15(10-8-14)29(21,25)26/h1-4,7-10,13H,5-6,11-12H2,(H2,21,25,26). The molecule has 3 aromatic rings. The molecule has 0 radical (unpaired) electrons. The first kappa shape index (κ1) is 19.9. The van der Waals surface area contributed by atoms with Crippen molar-refractivity contribution in [3.8, 4) is 17.1 Å². The first-order valence-electron chi connectivity index (χ1n) is 9.02. The molecule has 0 amide bonds. The molecule has 7 nitrogen and oxygen atoms in total. The second kappa shape index (κ2) is 8.13. The second-order valence-corrected chi connectivity index (χ2v) is 9.22. The Morgan fingerprint density at radius 1 is 1.14 bits per heavy atom. The van der Waals surface area contributed by atoms with Crippen molar-refractivity contribution >= 4 is 21.8 Å². The van der Waals surface area contributed by atoms with Crippen molar-refractivity contribution in [1.82, 2.24) is 14.8 Å². The second-order valence-electron chi connectivity index (χ2n) is 6.60. The normalized spacial score (nSPS) is 14.1. The number of nitrogens with zero attached hydrogens (tertiary/aromatic N) is 3. The number of rotatable bonds is 8. The Hall–Kier alpha value is -2.43. The fraction of sp³-hybridized carbons (Fsp3) is 0.263. The summed E-state index contributed by atoms with van der Waals surface area (Å²) >= 11 is 1.49. The first-order chi connectivity index (χ1) is 13.9. The van der Waals surface area contributed by atoms with E-state index in [0.717, 1.165) is 18.0 Å². The predicted octanol–water partition coefficient (Wildman–Crippen LogP) is 3.24. The zero-order chi connectivity index (χ0) is 20.4. The minimum absolute atomic E-state index is 0.0393. The third-order valence-electron chi connectivity index (χ3n) is 4.43. The lowest BCUT2D eigenvalue weighted by atomic mass is 10.2. The number of hydrogen-bond donors (Lipinski definition) is 1. The van der Waals surface area contributed by atoms with E-state index >= 15 is 0 Å². The van der Waals surface area contributed by atoms with Crippen LogP contribution in [0, 0.1) is 5.82 Å². The number of benzene rings is 2. The maximum absolute atomic E-state index is 14.2. The van der Waals surface area contributed by atoms with Crippen LogP contribution in [0.1, 0.15) is 18.9 Å². The van der Waals surface area contributed by atoms with Crippen molar-refractivity contribution in [2.45, 2.75) is 28.9 Å². The van der Waals surface area contributed by atoms with Gasteiger partial charge in [0.15, 0.2) is 11.0 Å². The molecule has 0 bridgehead atoms. The molecular formula is C19H19FN4O3S2. The quantitative estimate of drug-likeness (QED) is 0.432. The number of primary sulfonamides is 1. The molecule has 0 aliphatic heterocycles. The van der Waals surface area contributed by atoms with E-state index in [-0.39, 0.29) is 10.7 Å². The molecule has 4 rings (SSSR count). The molecule has 10 heteroatoms. The fourth-order valence-corrected chi connectivity index (χ4v) is 4.22. The summed E-state index contributed by atoms with van der Waals surface area (Å²) in [5, 5.41) is 14.3. The molecular weight excluding hydrogens is 415 g/mol. The van der Waals surface area contributed by atoms with Gasteiger partial charge in [-0.05, 0) is 49.2 Å². The molecule has 152 valence electrons. The van der Waals surface area contributed by atoms with Crippen molar-refractivity contribution in [2.24, 2.45) is 5.14 Å². The van der Waals surface area contributed by atoms with Crippen molar-refractivity contribution in [3.63, 3.8) is 0 Å². The zero-order valence-electron chi connectivity index (χ0n) is 15.4. The number of halogens is 1. The molecule has 0 atom stereocenters. The number of thioether (sulfide) groups is 1. The Labute approximate surface area is 172 Å². The van der Waals surface area contributed by atoms with Gasteiger partial charge in [-0.25, -0.2) is 17.9 Å². The molecule has 1 fully saturated rings. The van der Waals surface area contributed by atoms with Crippen LogP contribution >= 0.6 is 11.8 Å². The van der Waals surface area contributed by atoms with Gasteiger partial charge in [-0.2, -0.15) is 0 Å². The summed E-state index contributed by atoms with van der Waals surface area (Å²) in [7, 11) is -3.72. The molecule has 2 N–H and O–H groups in total. The minimum Gasteiger partial charge on any atom is -0.493 e. The van der Waals surface area contributed by atoms with E-state index in [2.05, 4.69) is 10.2 Å². The van der Waals surface area contributed by atoms with Gasteiger partial charge in [0.05, 0.1) is 17.1 Å². The lowest BCUT2D eigenvalue weighted by Gasteiger charge is -2.10. The molecule has 0 unspecified atom stereocenters. The van der Waals surface area contributed by atoms with Gasteiger partial charge in [0.2, 0.25) is 10.0 Å². The van der Waals surface area contributed by atoms with Crippen LogP contribution in [0.15, 0.2) is 58.6 Å². The zero-order valence-corrected chi connectivity index (χ0v) is 17.0. The van der Waals surface area contributed by atoms with Gasteiger partial charge in [-0.1, -0.05) is 23.9 Å². The molecule has 29 heavy (non-hydrogen) atoms. The number of nitrogens with two attached hydrogens (primary N) is 1. The van der Waals surface area contributed by atoms with Crippen LogP contribution in [0.2, 0.25) is 0 Å². The highest BCUT2D eigenvalue weighted by molar-refractivity contribution is 7.99. The summed E-state index contributed by atoms with van der Waals surface area (Å²) in [4.78, 5) is 0.0393. The molecule has 1 aliphatic carbocycles. The van der Waals surface area contributed by atoms with Crippen molar-refractivity contribution < 1.29 is 17.5 Å². The highest BCUT2D eigenvalue weighted by Gasteiger charge is 2.30. The maximum atomic E-state index is 14.2. The topological polar surface area (TPSA) is 100 Å². The number of ether oxygens (including phenoxy) is 1. The van der Waals surface area contributed by atoms with E-state index in [1.165, 1.54) is 30.0 Å². The largest absolute Gasteiger partial charge is 0.493 e. The van der Waals surface area contributed by atoms with E-state index in [0.29, 0.717) is 35.5 Å². The Bertz CT molecular complexity index is 1110. The van der Waals surface area contributed by atoms with Crippen molar-refractivity contribution in [2.75, 3.05) is 12.4 Å². The average Bonchev–Trinajstić information content (AvgIpc) is 3.45. The van der Waals surface area contributed by atoms with E-state index in [1.807, 2.05) is 4.57 Å². The fourth-order valence-electron chi connectivity index (χ4n) is 2.88. The van der Waals surface area contributed by atoms with Crippen LogP contribution in [0.5, 0.6) is 5.75 Å². The van der Waals surface area contributed by atoms with Crippen LogP contribution in [-0.2, 0) is 10.0 Å². The maximum Gasteiger partial charge on any atom is 0.238 e. The van der Waals surface area contributed by atoms with Crippen LogP contribution < -0.4 is 9.88 Å². The summed E-state index contributed by atoms with van der Waals surface area (Å²) in [5.41, 5.74) is 0.449. The molecule has 1 aliphatic rings. The number of aromatic nitrogens is 3. The summed E-state index contributed by atoms with van der Waals surface area (Å²) < 4.78 is 44.4. The Balaban J connectivity index is 1.40. The molecule has 0 spiro atoms. The molecule has 1 heterocycles. The van der Waals surface area contributed by atoms with E-state index in [9.17, 15) is 12.8 Å². The summed E-state index contributed by atoms with van der Waals surface area (Å²) in [6.07, 6.45) is 2.06. The summed E-state index contributed by atoms with van der Waals surface area (Å²) in [6.45, 7) is 0.395. The number of sulfonamides is 1. The van der Waals surface area contributed by atoms with Gasteiger partial charge >= 0.3 is 0 Å². The third kappa shape index (κ3) is 4.60. The van der Waals surface area contributed by atoms with E-state index in [1.54, 1.807) is 30.3 Å². The molecule has 2 aromatic carbocycles. The third-order valence-corrected chi connectivity index (χ3v) is 6.26. The van der Waals surface area contributed by atoms with E-state index < -0.39 is 10.0 Å². The average molecular weight is 435 g/mol. The lowest BCUT2D eigenvalue weighted by Crippen LogP contribution is -2.11. The van der Waals surface area contributed by atoms with Gasteiger partial charge in [0, 0.05) is 11.8 Å². The van der Waals surface area contributed by atoms with Crippen LogP contribution in [0.4, 0.5) is 4.39 Å². The van der Waals surface area contributed by atoms with Crippen LogP contribution in [0.3, 0.4) is 0 Å². The van der Waals surface area contributed by atoms with E-state index in [4.69, 9.17) is 9.88 Å². The summed E-state index contributed by atoms with van der Waals surface area (Å²) in [5.74, 6) is 1.39. The van der Waals surface area contributed by atoms with Crippen molar-refractivity contribution in [3.05, 3.63) is 54.3 Å². The predicted molar refractivity (Wildman–Crippen MR) is 108 cm³/mol. The highest BCUT2D eigenvalue weighted by Crippen LogP contribution is 2.41. The van der Waals surface area contributed by atoms with Gasteiger partial charge in [0.25, 0.3) is 0 Å². The molecule has 1 saturated carbocycles. The Kier molecular flexibility index (Phi) is 5.57. The van der Waals surface area contributed by atoms with Crippen LogP contribution in [0.25, 0.3) is 11.4 Å². The first-order valence-corrected chi connectivity index (χ1v) is 11.5. The SMILES string of the molecule is NS(=O)(=O)c1ccc(OCCSc2nnc(-c3ccccc3F)n2C2CC2)cc1. The van der Waals surface area contributed by atoms with Gasteiger partial charge in [-0.3, -0.25) is 4.57 Å². The molecule has 0 saturated heterocycles. The number of hydrogen-bond acceptors (Lipinski definition) is 6. The van der Waals surface area contributed by atoms with Gasteiger partial charge < -0.3 is 4.74 Å². The smallest absolute Gasteiger partial charge is 0.238 e. The molecule has 1 aromatic heterocycles. The highest BCUT2D eigenvalue weighted by atomic mass is 32.2. The summed E-state index contributed by atoms with van der Waals surface area (Å²) in [6, 6.07) is 12.8. The monoisotopic (exact) mass is 434 g/mol. The minimum atomic E-state index is -3.72.